The molecule has 1 N–H and O–H groups in total. The maximum atomic E-state index is 13.4. The second-order valence-corrected chi connectivity index (χ2v) is 6.75. The van der Waals surface area contributed by atoms with Crippen LogP contribution in [0.4, 0.5) is 22.4 Å². The van der Waals surface area contributed by atoms with Crippen LogP contribution < -0.4 is 4.18 Å². The van der Waals surface area contributed by atoms with Crippen LogP contribution in [0.3, 0.4) is 0 Å². The molecule has 1 fully saturated rings. The zero-order valence-electron chi connectivity index (χ0n) is 12.1. The van der Waals surface area contributed by atoms with Gasteiger partial charge in [-0.05, 0) is 37.0 Å². The largest absolute Gasteiger partial charge is 0.534 e. The van der Waals surface area contributed by atoms with Crippen LogP contribution in [0.15, 0.2) is 18.2 Å². The van der Waals surface area contributed by atoms with Crippen molar-refractivity contribution in [1.82, 2.24) is 4.90 Å². The number of carbonyl (C=O) groups is 1. The van der Waals surface area contributed by atoms with E-state index < -0.39 is 39.2 Å². The molecule has 1 saturated heterocycles. The summed E-state index contributed by atoms with van der Waals surface area (Å²) in [5.74, 6) is -1.89. The lowest BCUT2D eigenvalue weighted by Gasteiger charge is -2.30. The fraction of sp³-hybridized carbons (Fsp3) is 0.462. The molecular formula is C13H13F4NO5S. The van der Waals surface area contributed by atoms with E-state index in [0.29, 0.717) is 0 Å². The van der Waals surface area contributed by atoms with E-state index in [9.17, 15) is 30.8 Å². The Bertz CT molecular complexity index is 726. The quantitative estimate of drug-likeness (QED) is 0.502. The number of benzene rings is 1. The van der Waals surface area contributed by atoms with Gasteiger partial charge in [-0.15, -0.1) is 0 Å². The van der Waals surface area contributed by atoms with Gasteiger partial charge in [0.1, 0.15) is 11.6 Å². The Hall–Kier alpha value is -2.04. The van der Waals surface area contributed by atoms with E-state index in [2.05, 4.69) is 4.18 Å². The van der Waals surface area contributed by atoms with Gasteiger partial charge in [-0.1, -0.05) is 0 Å². The number of hydrogen-bond acceptors (Lipinski definition) is 4. The molecule has 1 aliphatic rings. The number of halogens is 4. The minimum atomic E-state index is -5.88. The summed E-state index contributed by atoms with van der Waals surface area (Å²) < 4.78 is 77.2. The summed E-state index contributed by atoms with van der Waals surface area (Å²) in [5, 5.41) is 8.87. The highest BCUT2D eigenvalue weighted by Crippen LogP contribution is 2.37. The molecule has 0 unspecified atom stereocenters. The smallest absolute Gasteiger partial charge is 0.465 e. The monoisotopic (exact) mass is 371 g/mol. The first kappa shape index (κ1) is 18.3. The van der Waals surface area contributed by atoms with Crippen molar-refractivity contribution in [2.75, 3.05) is 13.1 Å². The minimum Gasteiger partial charge on any atom is -0.465 e. The van der Waals surface area contributed by atoms with Gasteiger partial charge in [-0.2, -0.15) is 21.6 Å². The molecule has 6 nitrogen and oxygen atoms in total. The zero-order valence-corrected chi connectivity index (χ0v) is 12.9. The van der Waals surface area contributed by atoms with Gasteiger partial charge in [0, 0.05) is 18.7 Å². The van der Waals surface area contributed by atoms with E-state index in [1.54, 1.807) is 0 Å². The van der Waals surface area contributed by atoms with E-state index in [1.807, 2.05) is 0 Å². The Morgan fingerprint density at radius 1 is 1.25 bits per heavy atom. The predicted octanol–water partition coefficient (Wildman–Crippen LogP) is 2.91. The van der Waals surface area contributed by atoms with E-state index in [1.165, 1.54) is 0 Å². The summed E-state index contributed by atoms with van der Waals surface area (Å²) in [5.41, 5.74) is -5.64. The lowest BCUT2D eigenvalue weighted by molar-refractivity contribution is -0.0500. The Labute approximate surface area is 134 Å². The average Bonchev–Trinajstić information content (AvgIpc) is 2.48. The summed E-state index contributed by atoms with van der Waals surface area (Å²) in [4.78, 5) is 12.0. The van der Waals surface area contributed by atoms with Crippen LogP contribution >= 0.6 is 0 Å². The van der Waals surface area contributed by atoms with Gasteiger partial charge in [-0.25, -0.2) is 9.18 Å². The van der Waals surface area contributed by atoms with Crippen LogP contribution in [0.25, 0.3) is 0 Å². The third-order valence-corrected chi connectivity index (χ3v) is 4.63. The van der Waals surface area contributed by atoms with Crippen molar-refractivity contribution >= 4 is 16.2 Å². The first-order valence-electron chi connectivity index (χ1n) is 6.79. The fourth-order valence-electron chi connectivity index (χ4n) is 2.46. The number of alkyl halides is 3. The van der Waals surface area contributed by atoms with Crippen LogP contribution in [-0.2, 0) is 10.1 Å². The van der Waals surface area contributed by atoms with Gasteiger partial charge < -0.3 is 14.2 Å². The van der Waals surface area contributed by atoms with Crippen molar-refractivity contribution < 1.29 is 40.1 Å². The Morgan fingerprint density at radius 2 is 1.83 bits per heavy atom. The molecule has 1 aliphatic heterocycles. The summed E-state index contributed by atoms with van der Waals surface area (Å²) in [6.45, 7) is 0.198. The van der Waals surface area contributed by atoms with Gasteiger partial charge in [0.2, 0.25) is 0 Å². The summed E-state index contributed by atoms with van der Waals surface area (Å²) >= 11 is 0. The van der Waals surface area contributed by atoms with Gasteiger partial charge in [-0.3, -0.25) is 0 Å². The number of nitrogens with zero attached hydrogens (tertiary/aromatic N) is 1. The minimum absolute atomic E-state index is 0.0344. The third-order valence-electron chi connectivity index (χ3n) is 3.66. The molecule has 1 heterocycles. The molecule has 0 aliphatic carbocycles. The molecule has 1 aromatic carbocycles. The number of hydrogen-bond donors (Lipinski definition) is 1. The predicted molar refractivity (Wildman–Crippen MR) is 73.6 cm³/mol. The van der Waals surface area contributed by atoms with Crippen molar-refractivity contribution in [3.05, 3.63) is 29.6 Å². The maximum absolute atomic E-state index is 13.4. The highest BCUT2D eigenvalue weighted by Gasteiger charge is 2.49. The molecule has 11 heteroatoms. The number of carboxylic acid groups (broad SMARTS) is 1. The zero-order chi connectivity index (χ0) is 18.1. The second-order valence-electron chi connectivity index (χ2n) is 5.21. The Morgan fingerprint density at radius 3 is 2.33 bits per heavy atom. The molecule has 2 rings (SSSR count). The molecule has 24 heavy (non-hydrogen) atoms. The fourth-order valence-corrected chi connectivity index (χ4v) is 2.94. The highest BCUT2D eigenvalue weighted by atomic mass is 32.2. The number of likely N-dealkylation sites (tertiary alicyclic amines) is 1. The normalized spacial score (nSPS) is 16.9. The van der Waals surface area contributed by atoms with Crippen LogP contribution in [-0.4, -0.2) is 43.1 Å². The SMILES string of the molecule is O=C(O)N1CCC(c2cc(F)ccc2OS(=O)(=O)C(F)(F)F)CC1. The van der Waals surface area contributed by atoms with Crippen molar-refractivity contribution in [2.24, 2.45) is 0 Å². The van der Waals surface area contributed by atoms with Gasteiger partial charge in [0.15, 0.2) is 0 Å². The third kappa shape index (κ3) is 3.89. The Balaban J connectivity index is 2.28. The second kappa shape index (κ2) is 6.46. The van der Waals surface area contributed by atoms with Crippen molar-refractivity contribution in [2.45, 2.75) is 24.3 Å². The molecule has 0 bridgehead atoms. The van der Waals surface area contributed by atoms with Crippen molar-refractivity contribution in [3.63, 3.8) is 0 Å². The van der Waals surface area contributed by atoms with Crippen LogP contribution in [0.5, 0.6) is 5.75 Å². The van der Waals surface area contributed by atoms with E-state index in [4.69, 9.17) is 5.11 Å². The lowest BCUT2D eigenvalue weighted by atomic mass is 9.89. The molecule has 0 atom stereocenters. The van der Waals surface area contributed by atoms with Crippen LogP contribution in [0.2, 0.25) is 0 Å². The first-order valence-corrected chi connectivity index (χ1v) is 8.20. The number of rotatable bonds is 3. The van der Waals surface area contributed by atoms with Gasteiger partial charge >= 0.3 is 21.7 Å². The lowest BCUT2D eigenvalue weighted by Crippen LogP contribution is -2.37. The molecule has 134 valence electrons. The van der Waals surface area contributed by atoms with Crippen LogP contribution in [0.1, 0.15) is 24.3 Å². The number of amides is 1. The van der Waals surface area contributed by atoms with Crippen molar-refractivity contribution in [1.29, 1.82) is 0 Å². The summed E-state index contributed by atoms with van der Waals surface area (Å²) in [7, 11) is -5.88. The standard InChI is InChI=1S/C13H13F4NO5S/c14-9-1-2-11(23-24(21,22)13(15,16)17)10(7-9)8-3-5-18(6-4-8)12(19)20/h1-2,7-8H,3-6H2,(H,19,20). The van der Waals surface area contributed by atoms with Crippen LogP contribution in [0, 0.1) is 5.82 Å². The van der Waals surface area contributed by atoms with E-state index in [-0.39, 0.29) is 31.5 Å². The summed E-state index contributed by atoms with van der Waals surface area (Å²) in [6.07, 6.45) is -0.722. The van der Waals surface area contributed by atoms with E-state index >= 15 is 0 Å². The highest BCUT2D eigenvalue weighted by molar-refractivity contribution is 7.88. The first-order chi connectivity index (χ1) is 11.0. The molecule has 1 aromatic rings. The topological polar surface area (TPSA) is 83.9 Å². The number of piperidine rings is 1. The molecular weight excluding hydrogens is 358 g/mol. The Kier molecular flexibility index (Phi) is 4.92. The average molecular weight is 371 g/mol. The van der Waals surface area contributed by atoms with Gasteiger partial charge in [0.05, 0.1) is 0 Å². The van der Waals surface area contributed by atoms with E-state index in [0.717, 1.165) is 23.1 Å². The molecule has 1 amide bonds. The molecule has 0 saturated carbocycles. The van der Waals surface area contributed by atoms with Crippen molar-refractivity contribution in [3.8, 4) is 5.75 Å². The molecule has 0 aromatic heterocycles. The molecule has 0 radical (unpaired) electrons. The molecule has 0 spiro atoms. The summed E-state index contributed by atoms with van der Waals surface area (Å²) in [6, 6.07) is 2.51. The maximum Gasteiger partial charge on any atom is 0.534 e. The van der Waals surface area contributed by atoms with Gasteiger partial charge in [0.25, 0.3) is 0 Å².